The van der Waals surface area contributed by atoms with E-state index in [0.717, 1.165) is 44.3 Å². The molecule has 1 aromatic carbocycles. The van der Waals surface area contributed by atoms with Gasteiger partial charge in [0.25, 0.3) is 0 Å². The third kappa shape index (κ3) is 3.53. The lowest BCUT2D eigenvalue weighted by atomic mass is 10.1. The van der Waals surface area contributed by atoms with Gasteiger partial charge in [-0.1, -0.05) is 19.1 Å². The van der Waals surface area contributed by atoms with Gasteiger partial charge in [-0.3, -0.25) is 0 Å². The van der Waals surface area contributed by atoms with Crippen molar-refractivity contribution in [2.24, 2.45) is 5.92 Å². The molecule has 0 radical (unpaired) electrons. The van der Waals surface area contributed by atoms with Crippen LogP contribution in [0.15, 0.2) is 24.3 Å². The fraction of sp³-hybridized carbons (Fsp3) is 0.647. The van der Waals surface area contributed by atoms with Gasteiger partial charge in [0, 0.05) is 19.2 Å². The van der Waals surface area contributed by atoms with Gasteiger partial charge in [0.05, 0.1) is 12.7 Å². The molecule has 110 valence electrons. The summed E-state index contributed by atoms with van der Waals surface area (Å²) in [7, 11) is 0. The van der Waals surface area contributed by atoms with E-state index in [1.165, 1.54) is 18.4 Å². The van der Waals surface area contributed by atoms with Gasteiger partial charge in [-0.2, -0.15) is 0 Å². The quantitative estimate of drug-likeness (QED) is 0.829. The molecule has 1 aliphatic carbocycles. The summed E-state index contributed by atoms with van der Waals surface area (Å²) in [4.78, 5) is 0. The summed E-state index contributed by atoms with van der Waals surface area (Å²) >= 11 is 0. The molecule has 1 aromatic rings. The zero-order valence-corrected chi connectivity index (χ0v) is 12.3. The molecule has 1 heterocycles. The van der Waals surface area contributed by atoms with Crippen LogP contribution >= 0.6 is 0 Å². The van der Waals surface area contributed by atoms with Crippen molar-refractivity contribution in [3.63, 3.8) is 0 Å². The standard InChI is InChI=1S/C17H25NO2/c1-2-10-19-15-7-3-13(4-8-15)12-18-16-9-11-20-17(16)14-5-6-14/h3-4,7-8,14,16-18H,2,5-6,9-12H2,1H3. The van der Waals surface area contributed by atoms with Crippen molar-refractivity contribution in [2.75, 3.05) is 13.2 Å². The van der Waals surface area contributed by atoms with E-state index in [9.17, 15) is 0 Å². The van der Waals surface area contributed by atoms with E-state index in [-0.39, 0.29) is 0 Å². The second-order valence-corrected chi connectivity index (χ2v) is 5.94. The van der Waals surface area contributed by atoms with E-state index in [1.807, 2.05) is 0 Å². The van der Waals surface area contributed by atoms with Gasteiger partial charge < -0.3 is 14.8 Å². The van der Waals surface area contributed by atoms with Crippen molar-refractivity contribution in [3.05, 3.63) is 29.8 Å². The zero-order chi connectivity index (χ0) is 13.8. The average molecular weight is 275 g/mol. The Bertz CT molecular complexity index is 414. The molecule has 1 N–H and O–H groups in total. The van der Waals surface area contributed by atoms with Crippen LogP contribution in [0.2, 0.25) is 0 Å². The fourth-order valence-electron chi connectivity index (χ4n) is 2.89. The summed E-state index contributed by atoms with van der Waals surface area (Å²) in [6.07, 6.45) is 5.37. The largest absolute Gasteiger partial charge is 0.494 e. The van der Waals surface area contributed by atoms with Crippen molar-refractivity contribution < 1.29 is 9.47 Å². The summed E-state index contributed by atoms with van der Waals surface area (Å²) in [6, 6.07) is 8.98. The van der Waals surface area contributed by atoms with Gasteiger partial charge in [-0.15, -0.1) is 0 Å². The molecule has 2 unspecified atom stereocenters. The lowest BCUT2D eigenvalue weighted by Crippen LogP contribution is -2.37. The second kappa shape index (κ2) is 6.59. The molecule has 1 saturated carbocycles. The summed E-state index contributed by atoms with van der Waals surface area (Å²) in [5, 5.41) is 3.67. The number of nitrogens with one attached hydrogen (secondary N) is 1. The number of benzene rings is 1. The Hall–Kier alpha value is -1.06. The Labute approximate surface area is 121 Å². The van der Waals surface area contributed by atoms with Crippen LogP contribution in [0.4, 0.5) is 0 Å². The average Bonchev–Trinajstić information content (AvgIpc) is 3.23. The zero-order valence-electron chi connectivity index (χ0n) is 12.3. The fourth-order valence-corrected chi connectivity index (χ4v) is 2.89. The summed E-state index contributed by atoms with van der Waals surface area (Å²) < 4.78 is 11.5. The van der Waals surface area contributed by atoms with Gasteiger partial charge in [-0.25, -0.2) is 0 Å². The minimum atomic E-state index is 0.460. The monoisotopic (exact) mass is 275 g/mol. The molecule has 2 aliphatic rings. The molecule has 0 aromatic heterocycles. The first-order valence-electron chi connectivity index (χ1n) is 7.93. The Morgan fingerprint density at radius 2 is 2.00 bits per heavy atom. The van der Waals surface area contributed by atoms with Crippen molar-refractivity contribution >= 4 is 0 Å². The minimum Gasteiger partial charge on any atom is -0.494 e. The van der Waals surface area contributed by atoms with E-state index in [2.05, 4.69) is 36.5 Å². The first-order valence-corrected chi connectivity index (χ1v) is 7.93. The van der Waals surface area contributed by atoms with Gasteiger partial charge in [-0.05, 0) is 49.3 Å². The van der Waals surface area contributed by atoms with E-state index in [1.54, 1.807) is 0 Å². The summed E-state index contributed by atoms with van der Waals surface area (Å²) in [5.41, 5.74) is 1.32. The highest BCUT2D eigenvalue weighted by Gasteiger charge is 2.40. The van der Waals surface area contributed by atoms with Crippen LogP contribution in [-0.4, -0.2) is 25.4 Å². The third-order valence-corrected chi connectivity index (χ3v) is 4.19. The first-order chi connectivity index (χ1) is 9.86. The lowest BCUT2D eigenvalue weighted by Gasteiger charge is -2.19. The Balaban J connectivity index is 1.47. The maximum Gasteiger partial charge on any atom is 0.119 e. The maximum absolute atomic E-state index is 5.86. The number of hydrogen-bond donors (Lipinski definition) is 1. The molecule has 3 rings (SSSR count). The predicted octanol–water partition coefficient (Wildman–Crippen LogP) is 3.13. The molecule has 0 amide bonds. The molecule has 0 spiro atoms. The third-order valence-electron chi connectivity index (χ3n) is 4.19. The SMILES string of the molecule is CCCOc1ccc(CNC2CCOC2C2CC2)cc1. The second-order valence-electron chi connectivity index (χ2n) is 5.94. The Morgan fingerprint density at radius 3 is 2.70 bits per heavy atom. The van der Waals surface area contributed by atoms with Gasteiger partial charge in [0.1, 0.15) is 5.75 Å². The summed E-state index contributed by atoms with van der Waals surface area (Å²) in [5.74, 6) is 1.79. The molecule has 2 atom stereocenters. The Kier molecular flexibility index (Phi) is 4.58. The van der Waals surface area contributed by atoms with E-state index in [4.69, 9.17) is 9.47 Å². The highest BCUT2D eigenvalue weighted by atomic mass is 16.5. The smallest absolute Gasteiger partial charge is 0.119 e. The molecule has 2 fully saturated rings. The van der Waals surface area contributed by atoms with Crippen LogP contribution in [0.25, 0.3) is 0 Å². The van der Waals surface area contributed by atoms with E-state index >= 15 is 0 Å². The van der Waals surface area contributed by atoms with Crippen molar-refractivity contribution in [1.29, 1.82) is 0 Å². The van der Waals surface area contributed by atoms with Crippen molar-refractivity contribution in [1.82, 2.24) is 5.32 Å². The molecule has 1 saturated heterocycles. The number of rotatable bonds is 7. The van der Waals surface area contributed by atoms with Crippen molar-refractivity contribution in [2.45, 2.75) is 51.3 Å². The highest BCUT2D eigenvalue weighted by molar-refractivity contribution is 5.27. The van der Waals surface area contributed by atoms with Crippen LogP contribution in [0, 0.1) is 5.92 Å². The molecule has 20 heavy (non-hydrogen) atoms. The number of ether oxygens (including phenoxy) is 2. The van der Waals surface area contributed by atoms with E-state index < -0.39 is 0 Å². The molecule has 3 nitrogen and oxygen atoms in total. The molecule has 0 bridgehead atoms. The normalized spacial score (nSPS) is 25.9. The highest BCUT2D eigenvalue weighted by Crippen LogP contribution is 2.38. The Morgan fingerprint density at radius 1 is 1.20 bits per heavy atom. The molecular formula is C17H25NO2. The predicted molar refractivity (Wildman–Crippen MR) is 79.9 cm³/mol. The molecular weight excluding hydrogens is 250 g/mol. The van der Waals surface area contributed by atoms with Gasteiger partial charge in [0.15, 0.2) is 0 Å². The first kappa shape index (κ1) is 13.9. The summed E-state index contributed by atoms with van der Waals surface area (Å²) in [6.45, 7) is 4.76. The van der Waals surface area contributed by atoms with Crippen LogP contribution in [0.3, 0.4) is 0 Å². The van der Waals surface area contributed by atoms with Crippen molar-refractivity contribution in [3.8, 4) is 5.75 Å². The van der Waals surface area contributed by atoms with Crippen LogP contribution in [0.1, 0.15) is 38.2 Å². The van der Waals surface area contributed by atoms with Gasteiger partial charge >= 0.3 is 0 Å². The maximum atomic E-state index is 5.86. The van der Waals surface area contributed by atoms with Crippen LogP contribution in [-0.2, 0) is 11.3 Å². The van der Waals surface area contributed by atoms with Crippen LogP contribution in [0.5, 0.6) is 5.75 Å². The molecule has 3 heteroatoms. The minimum absolute atomic E-state index is 0.460. The number of hydrogen-bond acceptors (Lipinski definition) is 3. The lowest BCUT2D eigenvalue weighted by molar-refractivity contribution is 0.0809. The van der Waals surface area contributed by atoms with Gasteiger partial charge in [0.2, 0.25) is 0 Å². The van der Waals surface area contributed by atoms with Crippen LogP contribution < -0.4 is 10.1 Å². The topological polar surface area (TPSA) is 30.5 Å². The molecule has 1 aliphatic heterocycles. The van der Waals surface area contributed by atoms with E-state index in [0.29, 0.717) is 12.1 Å².